The summed E-state index contributed by atoms with van der Waals surface area (Å²) >= 11 is 0. The molecule has 1 saturated heterocycles. The van der Waals surface area contributed by atoms with Gasteiger partial charge in [0.05, 0.1) is 12.9 Å². The number of imidazole rings is 1. The molecule has 0 amide bonds. The Hall–Kier alpha value is 0.276. The molecule has 8 N–H and O–H groups in total. The fourth-order valence-corrected chi connectivity index (χ4v) is 5.65. The number of nitrogens with two attached hydrogens (primary N) is 1. The second kappa shape index (κ2) is 10.5. The molecule has 0 saturated carbocycles. The summed E-state index contributed by atoms with van der Waals surface area (Å²) < 4.78 is 51.9. The monoisotopic (exact) mass is 547 g/mol. The molecule has 0 spiro atoms. The Bertz CT molecular complexity index is 1110. The van der Waals surface area contributed by atoms with Gasteiger partial charge in [-0.05, 0) is 0 Å². The molecule has 22 heteroatoms. The quantitative estimate of drug-likeness (QED) is 0.135. The van der Waals surface area contributed by atoms with Crippen LogP contribution in [-0.4, -0.2) is 126 Å². The Balaban J connectivity index is 0.00000363. The van der Waals surface area contributed by atoms with E-state index in [4.69, 9.17) is 25.2 Å². The Morgan fingerprint density at radius 1 is 1.03 bits per heavy atom. The summed E-state index contributed by atoms with van der Waals surface area (Å²) in [7, 11) is -16.7. The van der Waals surface area contributed by atoms with E-state index in [1.54, 1.807) is 0 Å². The Morgan fingerprint density at radius 3 is 2.31 bits per heavy atom. The number of rotatable bonds is 8. The van der Waals surface area contributed by atoms with Gasteiger partial charge in [0.1, 0.15) is 30.2 Å². The molecule has 18 nitrogen and oxygen atoms in total. The zero-order valence-electron chi connectivity index (χ0n) is 14.9. The van der Waals surface area contributed by atoms with Crippen LogP contribution in [0.2, 0.25) is 0 Å². The molecule has 1 fully saturated rings. The first-order chi connectivity index (χ1) is 14.2. The molecule has 2 aromatic rings. The SMILES string of the molecule is Nc1ncnc2c1ncn2[C@@H]1O[C@H](COP(=O)(O)OP(=O)(O)OP(=O)(O)O)[C@@H](O)[C@H]1O.[KH]. The van der Waals surface area contributed by atoms with Crippen molar-refractivity contribution < 1.29 is 61.4 Å². The number of hydrogen-bond donors (Lipinski definition) is 7. The van der Waals surface area contributed by atoms with Crippen molar-refractivity contribution in [2.45, 2.75) is 24.5 Å². The molecule has 1 aliphatic heterocycles. The Labute approximate surface area is 220 Å². The number of aromatic nitrogens is 4. The summed E-state index contributed by atoms with van der Waals surface area (Å²) in [5.74, 6) is 0.0426. The van der Waals surface area contributed by atoms with Gasteiger partial charge >= 0.3 is 74.9 Å². The number of aliphatic hydroxyl groups excluding tert-OH is 2. The fourth-order valence-electron chi connectivity index (χ4n) is 2.62. The van der Waals surface area contributed by atoms with Gasteiger partial charge in [-0.15, -0.1) is 0 Å². The zero-order chi connectivity index (χ0) is 23.2. The molecule has 2 unspecified atom stereocenters. The summed E-state index contributed by atoms with van der Waals surface area (Å²) in [6.45, 7) is -0.956. The van der Waals surface area contributed by atoms with Crippen LogP contribution in [0.15, 0.2) is 12.7 Å². The fraction of sp³-hybridized carbons (Fsp3) is 0.500. The van der Waals surface area contributed by atoms with Gasteiger partial charge in [-0.1, -0.05) is 0 Å². The van der Waals surface area contributed by atoms with Crippen LogP contribution >= 0.6 is 23.5 Å². The molecule has 1 aliphatic rings. The van der Waals surface area contributed by atoms with Crippen LogP contribution in [0.1, 0.15) is 6.23 Å². The van der Waals surface area contributed by atoms with Crippen LogP contribution in [0.3, 0.4) is 0 Å². The van der Waals surface area contributed by atoms with Crippen molar-refractivity contribution >= 4 is 91.8 Å². The first-order valence-corrected chi connectivity index (χ1v) is 12.4. The van der Waals surface area contributed by atoms with Crippen molar-refractivity contribution in [3.05, 3.63) is 12.7 Å². The van der Waals surface area contributed by atoms with Gasteiger partial charge in [0.15, 0.2) is 17.7 Å². The van der Waals surface area contributed by atoms with Crippen LogP contribution < -0.4 is 5.73 Å². The van der Waals surface area contributed by atoms with Crippen LogP contribution in [0.25, 0.3) is 11.2 Å². The number of anilines is 1. The molecule has 176 valence electrons. The molecular weight excluding hydrogens is 530 g/mol. The third-order valence-corrected chi connectivity index (χ3v) is 7.62. The van der Waals surface area contributed by atoms with Gasteiger partial charge in [0.2, 0.25) is 0 Å². The van der Waals surface area contributed by atoms with Crippen LogP contribution in [0, 0.1) is 0 Å². The van der Waals surface area contributed by atoms with Gasteiger partial charge in [-0.3, -0.25) is 9.09 Å². The average molecular weight is 547 g/mol. The standard InChI is InChI=1S/C10H16N5O13P3.K.H/c11-8-5-9(13-2-12-8)15(3-14-5)10-7(17)6(16)4(26-10)1-25-30(21,22)28-31(23,24)27-29(18,19)20;;/h2-4,6-7,10,16-17H,1H2,(H,21,22)(H,23,24)(H2,11,12,13)(H2,18,19,20);;/t4-,6-,7-,10-;;/m1../s1. The van der Waals surface area contributed by atoms with Crippen molar-refractivity contribution in [2.75, 3.05) is 12.3 Å². The molecule has 0 radical (unpaired) electrons. The first-order valence-electron chi connectivity index (χ1n) is 7.92. The second-order valence-electron chi connectivity index (χ2n) is 6.02. The van der Waals surface area contributed by atoms with Gasteiger partial charge in [-0.25, -0.2) is 28.6 Å². The van der Waals surface area contributed by atoms with Gasteiger partial charge in [0.25, 0.3) is 0 Å². The van der Waals surface area contributed by atoms with E-state index in [-0.39, 0.29) is 68.4 Å². The van der Waals surface area contributed by atoms with Gasteiger partial charge < -0.3 is 40.3 Å². The summed E-state index contributed by atoms with van der Waals surface area (Å²) in [5, 5.41) is 20.4. The number of hydrogen-bond acceptors (Lipinski definition) is 13. The second-order valence-corrected chi connectivity index (χ2v) is 10.4. The minimum absolute atomic E-state index is 0. The third-order valence-electron chi connectivity index (χ3n) is 3.82. The number of nitrogen functional groups attached to an aromatic ring is 1. The predicted molar refractivity (Wildman–Crippen MR) is 103 cm³/mol. The van der Waals surface area contributed by atoms with E-state index in [2.05, 4.69) is 28.1 Å². The molecule has 3 rings (SSSR count). The van der Waals surface area contributed by atoms with E-state index in [1.807, 2.05) is 0 Å². The number of nitrogens with zero attached hydrogens (tertiary/aromatic N) is 4. The van der Waals surface area contributed by atoms with Crippen molar-refractivity contribution in [2.24, 2.45) is 0 Å². The van der Waals surface area contributed by atoms with Gasteiger partial charge in [-0.2, -0.15) is 8.62 Å². The number of phosphoric ester groups is 1. The molecule has 0 bridgehead atoms. The molecule has 0 aliphatic carbocycles. The van der Waals surface area contributed by atoms with Gasteiger partial charge in [0, 0.05) is 0 Å². The van der Waals surface area contributed by atoms with Crippen LogP contribution in [-0.2, 0) is 31.6 Å². The van der Waals surface area contributed by atoms with E-state index < -0.39 is 54.6 Å². The van der Waals surface area contributed by atoms with E-state index in [9.17, 15) is 28.8 Å². The maximum atomic E-state index is 11.8. The topological polar surface area (TPSA) is 279 Å². The van der Waals surface area contributed by atoms with E-state index in [1.165, 1.54) is 10.9 Å². The summed E-state index contributed by atoms with van der Waals surface area (Å²) in [5.41, 5.74) is 6.00. The minimum atomic E-state index is -5.70. The van der Waals surface area contributed by atoms with E-state index in [0.717, 1.165) is 6.33 Å². The number of aliphatic hydroxyl groups is 2. The van der Waals surface area contributed by atoms with Crippen molar-refractivity contribution in [3.63, 3.8) is 0 Å². The molecule has 0 aromatic carbocycles. The molecular formula is C10H17KN5O13P3. The van der Waals surface area contributed by atoms with Crippen LogP contribution in [0.5, 0.6) is 0 Å². The van der Waals surface area contributed by atoms with Crippen molar-refractivity contribution in [1.82, 2.24) is 19.5 Å². The Kier molecular flexibility index (Phi) is 9.35. The van der Waals surface area contributed by atoms with Crippen molar-refractivity contribution in [3.8, 4) is 0 Å². The van der Waals surface area contributed by atoms with Crippen molar-refractivity contribution in [1.29, 1.82) is 0 Å². The van der Waals surface area contributed by atoms with E-state index >= 15 is 0 Å². The zero-order valence-corrected chi connectivity index (χ0v) is 17.6. The van der Waals surface area contributed by atoms with E-state index in [0.29, 0.717) is 0 Å². The number of phosphoric acid groups is 3. The summed E-state index contributed by atoms with van der Waals surface area (Å²) in [6, 6.07) is 0. The molecule has 2 aromatic heterocycles. The summed E-state index contributed by atoms with van der Waals surface area (Å²) in [6.07, 6.45) is -3.69. The molecule has 32 heavy (non-hydrogen) atoms. The molecule has 3 heterocycles. The van der Waals surface area contributed by atoms with Crippen LogP contribution in [0.4, 0.5) is 5.82 Å². The third kappa shape index (κ3) is 6.91. The molecule has 6 atom stereocenters. The summed E-state index contributed by atoms with van der Waals surface area (Å²) in [4.78, 5) is 47.2. The number of ether oxygens (including phenoxy) is 1. The maximum absolute atomic E-state index is 11.8. The Morgan fingerprint density at radius 2 is 1.69 bits per heavy atom. The number of fused-ring (bicyclic) bond motifs is 1. The average Bonchev–Trinajstić information content (AvgIpc) is 3.13. The predicted octanol–water partition coefficient (Wildman–Crippen LogP) is -2.28. The normalized spacial score (nSPS) is 27.6. The first kappa shape index (κ1) is 28.5.